The summed E-state index contributed by atoms with van der Waals surface area (Å²) in [5.41, 5.74) is -0.414. The molecule has 0 aromatic heterocycles. The number of ketones is 1. The molecule has 0 aromatic rings. The van der Waals surface area contributed by atoms with Crippen molar-refractivity contribution in [2.45, 2.75) is 110 Å². The second-order valence-corrected chi connectivity index (χ2v) is 12.3. The predicted molar refractivity (Wildman–Crippen MR) is 115 cm³/mol. The van der Waals surface area contributed by atoms with Gasteiger partial charge in [0, 0.05) is 24.2 Å². The smallest absolute Gasteiger partial charge is 0.312 e. The Morgan fingerprint density at radius 1 is 1.03 bits per heavy atom. The van der Waals surface area contributed by atoms with Gasteiger partial charge in [0.25, 0.3) is 0 Å². The van der Waals surface area contributed by atoms with Crippen LogP contribution in [0, 0.1) is 40.4 Å². The van der Waals surface area contributed by atoms with Gasteiger partial charge in [-0.15, -0.1) is 0 Å². The van der Waals surface area contributed by atoms with E-state index in [-0.39, 0.29) is 34.1 Å². The van der Waals surface area contributed by atoms with Gasteiger partial charge in [0.2, 0.25) is 5.79 Å². The molecule has 3 aliphatic carbocycles. The summed E-state index contributed by atoms with van der Waals surface area (Å²) in [7, 11) is 0. The summed E-state index contributed by atoms with van der Waals surface area (Å²) in [6.45, 7) is 11.7. The van der Waals surface area contributed by atoms with Crippen molar-refractivity contribution in [3.8, 4) is 0 Å². The minimum Gasteiger partial charge on any atom is -0.429 e. The quantitative estimate of drug-likeness (QED) is 0.428. The van der Waals surface area contributed by atoms with Crippen LogP contribution >= 0.6 is 0 Å². The highest BCUT2D eigenvalue weighted by molar-refractivity contribution is 5.88. The summed E-state index contributed by atoms with van der Waals surface area (Å²) in [5.74, 6) is 1.47. The van der Waals surface area contributed by atoms with Crippen LogP contribution in [0.4, 0.5) is 0 Å². The SMILES string of the molecule is CC(C)CCC[C@@H](C)[C@H]1CC[C@H]2C34OC(=O)[C@H]5CC(=O)CC[C@]5(C)[C@]3(CC[C@]12C)O4. The van der Waals surface area contributed by atoms with E-state index in [4.69, 9.17) is 9.47 Å². The van der Waals surface area contributed by atoms with Gasteiger partial charge >= 0.3 is 5.97 Å². The lowest BCUT2D eigenvalue weighted by atomic mass is 9.49. The normalized spacial score (nSPS) is 50.3. The molecule has 0 spiro atoms. The zero-order chi connectivity index (χ0) is 21.5. The number of carbonyl (C=O) groups excluding carboxylic acids is 2. The Morgan fingerprint density at radius 3 is 2.53 bits per heavy atom. The number of fused-ring (bicyclic) bond motifs is 2. The van der Waals surface area contributed by atoms with Gasteiger partial charge in [0.05, 0.1) is 5.92 Å². The molecule has 2 aliphatic heterocycles. The van der Waals surface area contributed by atoms with E-state index in [0.717, 1.165) is 31.6 Å². The number of hydrogen-bond acceptors (Lipinski definition) is 4. The van der Waals surface area contributed by atoms with Crippen molar-refractivity contribution >= 4 is 11.8 Å². The van der Waals surface area contributed by atoms with Crippen molar-refractivity contribution < 1.29 is 19.1 Å². The molecule has 30 heavy (non-hydrogen) atoms. The molecule has 168 valence electrons. The third-order valence-corrected chi connectivity index (χ3v) is 10.4. The Labute approximate surface area is 181 Å². The number of hydrogen-bond donors (Lipinski definition) is 0. The van der Waals surface area contributed by atoms with Gasteiger partial charge in [-0.2, -0.15) is 0 Å². The Kier molecular flexibility index (Phi) is 4.58. The van der Waals surface area contributed by atoms with Crippen LogP contribution in [0.1, 0.15) is 98.8 Å². The molecular weight excluding hydrogens is 376 g/mol. The molecule has 0 radical (unpaired) electrons. The van der Waals surface area contributed by atoms with E-state index in [1.54, 1.807) is 0 Å². The summed E-state index contributed by atoms with van der Waals surface area (Å²) in [6.07, 6.45) is 10.1. The highest BCUT2D eigenvalue weighted by atomic mass is 16.8. The van der Waals surface area contributed by atoms with Gasteiger partial charge in [-0.25, -0.2) is 0 Å². The van der Waals surface area contributed by atoms with Crippen molar-refractivity contribution in [2.75, 3.05) is 0 Å². The highest BCUT2D eigenvalue weighted by Crippen LogP contribution is 2.79. The Morgan fingerprint density at radius 2 is 1.80 bits per heavy atom. The lowest BCUT2D eigenvalue weighted by Gasteiger charge is -2.54. The molecule has 2 heterocycles. The zero-order valence-electron chi connectivity index (χ0n) is 19.6. The predicted octanol–water partition coefficient (Wildman–Crippen LogP) is 5.67. The number of ether oxygens (including phenoxy) is 2. The van der Waals surface area contributed by atoms with Gasteiger partial charge in [-0.05, 0) is 55.3 Å². The first-order valence-corrected chi connectivity index (χ1v) is 12.5. The van der Waals surface area contributed by atoms with Crippen molar-refractivity contribution in [2.24, 2.45) is 40.4 Å². The summed E-state index contributed by atoms with van der Waals surface area (Å²) in [4.78, 5) is 25.2. The molecule has 5 fully saturated rings. The molecule has 0 aromatic carbocycles. The topological polar surface area (TPSA) is 55.9 Å². The average molecular weight is 417 g/mol. The number of epoxide rings is 1. The van der Waals surface area contributed by atoms with E-state index < -0.39 is 5.79 Å². The van der Waals surface area contributed by atoms with Crippen LogP contribution < -0.4 is 0 Å². The summed E-state index contributed by atoms with van der Waals surface area (Å²) in [5, 5.41) is 0. The standard InChI is InChI=1S/C26H40O4/c1-16(2)7-6-8-17(3)19-9-10-21-23(19,4)13-14-25-24(5)12-11-18(27)15-20(24)22(28)29-26(21,25)30-25/h16-17,19-21H,6-15H2,1-5H3/t17-,19-,20-,21-,23-,24+,25+,26?/m1/s1. The molecule has 5 rings (SSSR count). The van der Waals surface area contributed by atoms with E-state index in [9.17, 15) is 9.59 Å². The van der Waals surface area contributed by atoms with Crippen molar-refractivity contribution in [1.29, 1.82) is 0 Å². The van der Waals surface area contributed by atoms with Crippen LogP contribution in [0.3, 0.4) is 0 Å². The molecular formula is C26H40O4. The molecule has 2 saturated heterocycles. The number of carbonyl (C=O) groups is 2. The highest BCUT2D eigenvalue weighted by Gasteiger charge is 2.90. The van der Waals surface area contributed by atoms with E-state index in [1.165, 1.54) is 25.7 Å². The zero-order valence-corrected chi connectivity index (χ0v) is 19.6. The molecule has 4 nitrogen and oxygen atoms in total. The molecule has 3 saturated carbocycles. The maximum Gasteiger partial charge on any atom is 0.312 e. The molecule has 4 heteroatoms. The van der Waals surface area contributed by atoms with Gasteiger partial charge in [0.15, 0.2) is 0 Å². The largest absolute Gasteiger partial charge is 0.429 e. The van der Waals surface area contributed by atoms with Gasteiger partial charge in [-0.1, -0.05) is 53.9 Å². The molecule has 0 N–H and O–H groups in total. The van der Waals surface area contributed by atoms with Crippen molar-refractivity contribution in [3.63, 3.8) is 0 Å². The van der Waals surface area contributed by atoms with Gasteiger partial charge in [-0.3, -0.25) is 9.59 Å². The van der Waals surface area contributed by atoms with Crippen LogP contribution in [0.2, 0.25) is 0 Å². The number of rotatable bonds is 5. The first-order chi connectivity index (χ1) is 14.1. The first kappa shape index (κ1) is 21.0. The molecule has 1 unspecified atom stereocenters. The Bertz CT molecular complexity index is 760. The fourth-order valence-electron chi connectivity index (χ4n) is 8.64. The van der Waals surface area contributed by atoms with Crippen LogP contribution in [0.15, 0.2) is 0 Å². The van der Waals surface area contributed by atoms with Crippen LogP contribution in [0.5, 0.6) is 0 Å². The second kappa shape index (κ2) is 6.56. The summed E-state index contributed by atoms with van der Waals surface area (Å²) in [6, 6.07) is 0. The molecule has 0 bridgehead atoms. The number of esters is 1. The molecule has 8 atom stereocenters. The average Bonchev–Trinajstić information content (AvgIpc) is 3.23. The number of Topliss-reactive ketones (excluding diaryl/α,β-unsaturated/α-hetero) is 1. The fraction of sp³-hybridized carbons (Fsp3) is 0.923. The molecule has 0 amide bonds. The maximum absolute atomic E-state index is 13.1. The lowest BCUT2D eigenvalue weighted by Crippen LogP contribution is -2.63. The lowest BCUT2D eigenvalue weighted by molar-refractivity contribution is -0.202. The third kappa shape index (κ3) is 2.49. The maximum atomic E-state index is 13.1. The first-order valence-electron chi connectivity index (χ1n) is 12.5. The Hall–Kier alpha value is -0.900. The monoisotopic (exact) mass is 416 g/mol. The minimum absolute atomic E-state index is 0.170. The van der Waals surface area contributed by atoms with E-state index in [0.29, 0.717) is 30.6 Å². The second-order valence-electron chi connectivity index (χ2n) is 12.3. The molecule has 5 aliphatic rings. The summed E-state index contributed by atoms with van der Waals surface area (Å²) >= 11 is 0. The Balaban J connectivity index is 1.40. The van der Waals surface area contributed by atoms with Crippen LogP contribution in [0.25, 0.3) is 0 Å². The third-order valence-electron chi connectivity index (χ3n) is 10.4. The van der Waals surface area contributed by atoms with E-state index in [2.05, 4.69) is 34.6 Å². The van der Waals surface area contributed by atoms with Gasteiger partial charge in [0.1, 0.15) is 11.4 Å². The van der Waals surface area contributed by atoms with Crippen molar-refractivity contribution in [1.82, 2.24) is 0 Å². The summed E-state index contributed by atoms with van der Waals surface area (Å²) < 4.78 is 12.9. The minimum atomic E-state index is -0.713. The van der Waals surface area contributed by atoms with Crippen LogP contribution in [-0.2, 0) is 19.1 Å². The van der Waals surface area contributed by atoms with E-state index in [1.807, 2.05) is 0 Å². The van der Waals surface area contributed by atoms with Crippen molar-refractivity contribution in [3.05, 3.63) is 0 Å². The van der Waals surface area contributed by atoms with Gasteiger partial charge < -0.3 is 9.47 Å². The fourth-order valence-corrected chi connectivity index (χ4v) is 8.64. The van der Waals surface area contributed by atoms with Crippen LogP contribution in [-0.4, -0.2) is 23.1 Å². The van der Waals surface area contributed by atoms with E-state index >= 15 is 0 Å².